The molecule has 3 aromatic rings. The molecule has 0 bridgehead atoms. The summed E-state index contributed by atoms with van der Waals surface area (Å²) in [6.45, 7) is 10.9. The number of carbonyl (C=O) groups is 6. The Bertz CT molecular complexity index is 1970. The maximum Gasteiger partial charge on any atom is 0.343 e. The van der Waals surface area contributed by atoms with Gasteiger partial charge in [-0.15, -0.1) is 0 Å². The molecular formula is C47H54O16. The van der Waals surface area contributed by atoms with Crippen LogP contribution in [0.3, 0.4) is 0 Å². The molecule has 3 aromatic carbocycles. The van der Waals surface area contributed by atoms with Gasteiger partial charge in [-0.3, -0.25) is 9.59 Å². The van der Waals surface area contributed by atoms with Crippen molar-refractivity contribution in [3.8, 4) is 28.7 Å². The van der Waals surface area contributed by atoms with Gasteiger partial charge in [-0.25, -0.2) is 19.2 Å². The van der Waals surface area contributed by atoms with E-state index in [1.807, 2.05) is 0 Å². The van der Waals surface area contributed by atoms with E-state index in [9.17, 15) is 28.8 Å². The highest BCUT2D eigenvalue weighted by Crippen LogP contribution is 2.33. The Morgan fingerprint density at radius 2 is 1.05 bits per heavy atom. The number of ether oxygens (including phenoxy) is 10. The van der Waals surface area contributed by atoms with Crippen molar-refractivity contribution >= 4 is 35.8 Å². The van der Waals surface area contributed by atoms with Gasteiger partial charge >= 0.3 is 35.8 Å². The lowest BCUT2D eigenvalue weighted by Crippen LogP contribution is -2.30. The summed E-state index contributed by atoms with van der Waals surface area (Å²) >= 11 is 0. The Labute approximate surface area is 366 Å². The maximum atomic E-state index is 13.4. The summed E-state index contributed by atoms with van der Waals surface area (Å²) in [5.41, 5.74) is 0.0903. The molecular weight excluding hydrogens is 821 g/mol. The Balaban J connectivity index is 1.24. The largest absolute Gasteiger partial charge is 0.494 e. The van der Waals surface area contributed by atoms with E-state index < -0.39 is 47.7 Å². The van der Waals surface area contributed by atoms with Crippen molar-refractivity contribution in [2.45, 2.75) is 51.9 Å². The van der Waals surface area contributed by atoms with Crippen LogP contribution in [0.4, 0.5) is 0 Å². The van der Waals surface area contributed by atoms with E-state index in [4.69, 9.17) is 47.4 Å². The van der Waals surface area contributed by atoms with E-state index in [0.717, 1.165) is 12.2 Å². The zero-order chi connectivity index (χ0) is 45.2. The van der Waals surface area contributed by atoms with E-state index >= 15 is 0 Å². The van der Waals surface area contributed by atoms with Gasteiger partial charge in [0.25, 0.3) is 0 Å². The van der Waals surface area contributed by atoms with E-state index in [2.05, 4.69) is 13.2 Å². The second kappa shape index (κ2) is 27.4. The average molecular weight is 875 g/mol. The molecule has 0 aromatic heterocycles. The van der Waals surface area contributed by atoms with Crippen molar-refractivity contribution in [2.24, 2.45) is 11.8 Å². The lowest BCUT2D eigenvalue weighted by Gasteiger charge is -2.26. The van der Waals surface area contributed by atoms with Gasteiger partial charge in [-0.05, 0) is 112 Å². The number of esters is 6. The van der Waals surface area contributed by atoms with Crippen LogP contribution in [0.1, 0.15) is 72.6 Å². The fraction of sp³-hybridized carbons (Fsp3) is 0.404. The number of unbranched alkanes of at least 4 members (excludes halogenated alkanes) is 1. The minimum Gasteiger partial charge on any atom is -0.494 e. The predicted molar refractivity (Wildman–Crippen MR) is 226 cm³/mol. The fourth-order valence-electron chi connectivity index (χ4n) is 5.99. The molecule has 0 radical (unpaired) electrons. The monoisotopic (exact) mass is 874 g/mol. The quantitative estimate of drug-likeness (QED) is 0.0254. The number of benzene rings is 3. The van der Waals surface area contributed by atoms with Gasteiger partial charge in [0.2, 0.25) is 0 Å². The van der Waals surface area contributed by atoms with Crippen molar-refractivity contribution < 1.29 is 76.1 Å². The molecule has 4 rings (SSSR count). The number of carbonyl (C=O) groups excluding carboxylic acids is 6. The zero-order valence-corrected chi connectivity index (χ0v) is 35.4. The van der Waals surface area contributed by atoms with E-state index in [1.165, 1.54) is 30.3 Å². The van der Waals surface area contributed by atoms with Crippen LogP contribution in [0, 0.1) is 11.8 Å². The third-order valence-electron chi connectivity index (χ3n) is 9.34. The third kappa shape index (κ3) is 17.8. The molecule has 0 N–H and O–H groups in total. The molecule has 63 heavy (non-hydrogen) atoms. The smallest absolute Gasteiger partial charge is 0.343 e. The highest BCUT2D eigenvalue weighted by atomic mass is 16.6. The topological polar surface area (TPSA) is 195 Å². The first-order valence-corrected chi connectivity index (χ1v) is 20.8. The molecule has 0 aliphatic heterocycles. The minimum absolute atomic E-state index is 0.0132. The highest BCUT2D eigenvalue weighted by molar-refractivity contribution is 5.95. The lowest BCUT2D eigenvalue weighted by molar-refractivity contribution is -0.145. The Kier molecular flexibility index (Phi) is 21.4. The second-order valence-electron chi connectivity index (χ2n) is 13.9. The first-order valence-electron chi connectivity index (χ1n) is 20.8. The normalized spacial score (nSPS) is 14.3. The minimum atomic E-state index is -0.811. The summed E-state index contributed by atoms with van der Waals surface area (Å²) in [6.07, 6.45) is 5.56. The van der Waals surface area contributed by atoms with Crippen LogP contribution >= 0.6 is 0 Å². The van der Waals surface area contributed by atoms with Crippen molar-refractivity contribution in [3.63, 3.8) is 0 Å². The van der Waals surface area contributed by atoms with Crippen LogP contribution in [0.15, 0.2) is 92.0 Å². The van der Waals surface area contributed by atoms with E-state index in [1.54, 1.807) is 43.3 Å². The Morgan fingerprint density at radius 3 is 1.68 bits per heavy atom. The number of hydrogen-bond donors (Lipinski definition) is 0. The van der Waals surface area contributed by atoms with Gasteiger partial charge in [0, 0.05) is 31.8 Å². The van der Waals surface area contributed by atoms with Gasteiger partial charge < -0.3 is 47.4 Å². The molecule has 16 heteroatoms. The molecule has 1 aliphatic carbocycles. The summed E-state index contributed by atoms with van der Waals surface area (Å²) in [5.74, 6) is -3.03. The van der Waals surface area contributed by atoms with Crippen LogP contribution in [0.25, 0.3) is 0 Å². The molecule has 0 saturated heterocycles. The van der Waals surface area contributed by atoms with Gasteiger partial charge in [0.15, 0.2) is 0 Å². The summed E-state index contributed by atoms with van der Waals surface area (Å²) in [5, 5.41) is 0. The molecule has 0 spiro atoms. The van der Waals surface area contributed by atoms with Crippen LogP contribution < -0.4 is 23.7 Å². The standard InChI is InChI=1S/C47H54O16/c1-4-42(48)58-26-8-7-25-56-36-16-14-35(15-17-36)45(51)62-39-22-23-41(40(32-39)47(53)60-31-28-54-6-3)63-46(52)34-12-10-33(11-13-34)44(50)61-38-20-18-37(19-21-38)57-27-9-24-55-29-30-59-43(49)5-2/h4-5,14-23,32-34H,1-2,6-13,24-31H2,3H3. The highest BCUT2D eigenvalue weighted by Gasteiger charge is 2.33. The predicted octanol–water partition coefficient (Wildman–Crippen LogP) is 6.82. The summed E-state index contributed by atoms with van der Waals surface area (Å²) in [4.78, 5) is 74.8. The Morgan fingerprint density at radius 1 is 0.524 bits per heavy atom. The SMILES string of the molecule is C=CC(=O)OCCCCOc1ccc(C(=O)Oc2ccc(OC(=O)C3CCC(C(=O)Oc4ccc(OCCCOCCOC(=O)C=C)cc4)CC3)c(C(=O)OCCOCC)c2)cc1. The van der Waals surface area contributed by atoms with E-state index in [0.29, 0.717) is 88.6 Å². The molecule has 1 fully saturated rings. The summed E-state index contributed by atoms with van der Waals surface area (Å²) in [6, 6.07) is 17.0. The zero-order valence-electron chi connectivity index (χ0n) is 35.4. The molecule has 338 valence electrons. The van der Waals surface area contributed by atoms with Crippen LogP contribution in [0.5, 0.6) is 28.7 Å². The van der Waals surface area contributed by atoms with Gasteiger partial charge in [-0.2, -0.15) is 0 Å². The summed E-state index contributed by atoms with van der Waals surface area (Å²) in [7, 11) is 0. The van der Waals surface area contributed by atoms with Crippen molar-refractivity contribution in [1.29, 1.82) is 0 Å². The molecule has 0 heterocycles. The van der Waals surface area contributed by atoms with Crippen molar-refractivity contribution in [3.05, 3.63) is 103 Å². The van der Waals surface area contributed by atoms with Crippen molar-refractivity contribution in [1.82, 2.24) is 0 Å². The van der Waals surface area contributed by atoms with Crippen LogP contribution in [-0.2, 0) is 42.9 Å². The molecule has 1 saturated carbocycles. The van der Waals surface area contributed by atoms with Gasteiger partial charge in [-0.1, -0.05) is 13.2 Å². The summed E-state index contributed by atoms with van der Waals surface area (Å²) < 4.78 is 54.1. The van der Waals surface area contributed by atoms with Gasteiger partial charge in [0.05, 0.1) is 50.4 Å². The third-order valence-corrected chi connectivity index (χ3v) is 9.34. The molecule has 1 aliphatic rings. The molecule has 0 atom stereocenters. The van der Waals surface area contributed by atoms with E-state index in [-0.39, 0.29) is 55.7 Å². The fourth-order valence-corrected chi connectivity index (χ4v) is 5.99. The van der Waals surface area contributed by atoms with Crippen molar-refractivity contribution in [2.75, 3.05) is 59.5 Å². The molecule has 0 amide bonds. The Hall–Kier alpha value is -6.52. The number of rotatable bonds is 27. The first kappa shape index (κ1) is 49.1. The lowest BCUT2D eigenvalue weighted by atomic mass is 9.82. The van der Waals surface area contributed by atoms with Crippen LogP contribution in [-0.4, -0.2) is 95.3 Å². The number of hydrogen-bond acceptors (Lipinski definition) is 16. The van der Waals surface area contributed by atoms with Crippen LogP contribution in [0.2, 0.25) is 0 Å². The maximum absolute atomic E-state index is 13.4. The van der Waals surface area contributed by atoms with Gasteiger partial charge in [0.1, 0.15) is 47.5 Å². The molecule has 0 unspecified atom stereocenters. The average Bonchev–Trinajstić information content (AvgIpc) is 3.30. The molecule has 16 nitrogen and oxygen atoms in total. The first-order chi connectivity index (χ1) is 30.6. The second-order valence-corrected chi connectivity index (χ2v) is 13.9.